The Morgan fingerprint density at radius 2 is 1.79 bits per heavy atom. The van der Waals surface area contributed by atoms with Crippen LogP contribution in [0.4, 0.5) is 0 Å². The largest absolute Gasteiger partial charge is 0.497 e. The van der Waals surface area contributed by atoms with E-state index in [-0.39, 0.29) is 19.1 Å². The quantitative estimate of drug-likeness (QED) is 0.751. The van der Waals surface area contributed by atoms with Crippen LogP contribution >= 0.6 is 0 Å². The van der Waals surface area contributed by atoms with Gasteiger partial charge in [-0.1, -0.05) is 0 Å². The molecule has 0 aromatic heterocycles. The highest BCUT2D eigenvalue weighted by molar-refractivity contribution is 5.95. The molecule has 1 aromatic carbocycles. The maximum Gasteiger partial charge on any atom is 0.251 e. The molecule has 6 nitrogen and oxygen atoms in total. The van der Waals surface area contributed by atoms with E-state index in [0.717, 1.165) is 0 Å². The molecular weight excluding hydrogens is 250 g/mol. The summed E-state index contributed by atoms with van der Waals surface area (Å²) in [5.41, 5.74) is 0.404. The van der Waals surface area contributed by atoms with E-state index in [1.165, 1.54) is 21.3 Å². The molecule has 2 N–H and O–H groups in total. The lowest BCUT2D eigenvalue weighted by Gasteiger charge is -2.12. The number of hydrogen-bond donors (Lipinski definition) is 2. The Morgan fingerprint density at radius 1 is 1.21 bits per heavy atom. The summed E-state index contributed by atoms with van der Waals surface area (Å²) < 4.78 is 14.9. The van der Waals surface area contributed by atoms with Crippen LogP contribution in [0.25, 0.3) is 0 Å². The average Bonchev–Trinajstić information content (AvgIpc) is 2.44. The summed E-state index contributed by atoms with van der Waals surface area (Å²) in [7, 11) is 4.51. The third-order valence-electron chi connectivity index (χ3n) is 2.47. The summed E-state index contributed by atoms with van der Waals surface area (Å²) in [6, 6.07) is 4.87. The van der Waals surface area contributed by atoms with Gasteiger partial charge in [0, 0.05) is 25.3 Å². The number of carbonyl (C=O) groups excluding carboxylic acids is 1. The van der Waals surface area contributed by atoms with Gasteiger partial charge in [-0.15, -0.1) is 0 Å². The van der Waals surface area contributed by atoms with Gasteiger partial charge in [0.15, 0.2) is 0 Å². The summed E-state index contributed by atoms with van der Waals surface area (Å²) in [6.07, 6.45) is -0.735. The van der Waals surface area contributed by atoms with Crippen LogP contribution in [-0.4, -0.2) is 51.6 Å². The fourth-order valence-electron chi connectivity index (χ4n) is 1.50. The van der Waals surface area contributed by atoms with E-state index in [0.29, 0.717) is 17.1 Å². The first-order chi connectivity index (χ1) is 9.10. The smallest absolute Gasteiger partial charge is 0.251 e. The zero-order valence-corrected chi connectivity index (χ0v) is 11.3. The highest BCUT2D eigenvalue weighted by Gasteiger charge is 2.11. The summed E-state index contributed by atoms with van der Waals surface area (Å²) in [5.74, 6) is 0.747. The molecule has 1 amide bonds. The van der Waals surface area contributed by atoms with Crippen molar-refractivity contribution in [1.82, 2.24) is 5.32 Å². The fraction of sp³-hybridized carbons (Fsp3) is 0.462. The number of hydrogen-bond acceptors (Lipinski definition) is 5. The van der Waals surface area contributed by atoms with Crippen LogP contribution in [-0.2, 0) is 4.74 Å². The molecule has 1 unspecified atom stereocenters. The van der Waals surface area contributed by atoms with E-state index in [4.69, 9.17) is 14.2 Å². The van der Waals surface area contributed by atoms with E-state index in [1.807, 2.05) is 0 Å². The second kappa shape index (κ2) is 7.60. The Morgan fingerprint density at radius 3 is 2.26 bits per heavy atom. The van der Waals surface area contributed by atoms with Crippen LogP contribution in [0, 0.1) is 0 Å². The first kappa shape index (κ1) is 15.3. The van der Waals surface area contributed by atoms with Crippen molar-refractivity contribution in [2.45, 2.75) is 6.10 Å². The molecule has 0 saturated carbocycles. The monoisotopic (exact) mass is 269 g/mol. The lowest BCUT2D eigenvalue weighted by Crippen LogP contribution is -2.34. The minimum Gasteiger partial charge on any atom is -0.497 e. The van der Waals surface area contributed by atoms with Gasteiger partial charge in [0.2, 0.25) is 0 Å². The Kier molecular flexibility index (Phi) is 6.11. The molecule has 1 atom stereocenters. The highest BCUT2D eigenvalue weighted by atomic mass is 16.5. The standard InChI is InChI=1S/C13H19NO5/c1-17-8-10(15)7-14-13(16)9-4-11(18-2)6-12(5-9)19-3/h4-6,10,15H,7-8H2,1-3H3,(H,14,16). The number of carbonyl (C=O) groups is 1. The summed E-state index contributed by atoms with van der Waals surface area (Å²) in [5, 5.41) is 12.1. The molecule has 0 fully saturated rings. The highest BCUT2D eigenvalue weighted by Crippen LogP contribution is 2.22. The summed E-state index contributed by atoms with van der Waals surface area (Å²) >= 11 is 0. The molecule has 0 heterocycles. The zero-order valence-electron chi connectivity index (χ0n) is 11.3. The molecule has 0 bridgehead atoms. The molecule has 19 heavy (non-hydrogen) atoms. The van der Waals surface area contributed by atoms with Crippen molar-refractivity contribution in [2.75, 3.05) is 34.5 Å². The number of aliphatic hydroxyl groups is 1. The second-order valence-electron chi connectivity index (χ2n) is 3.92. The number of ether oxygens (including phenoxy) is 3. The van der Waals surface area contributed by atoms with Crippen molar-refractivity contribution in [3.8, 4) is 11.5 Å². The molecule has 0 saturated heterocycles. The van der Waals surface area contributed by atoms with Gasteiger partial charge in [-0.05, 0) is 12.1 Å². The van der Waals surface area contributed by atoms with Crippen LogP contribution in [0.15, 0.2) is 18.2 Å². The van der Waals surface area contributed by atoms with E-state index in [2.05, 4.69) is 5.32 Å². The van der Waals surface area contributed by atoms with Gasteiger partial charge in [0.05, 0.1) is 26.9 Å². The Hall–Kier alpha value is -1.79. The number of nitrogens with one attached hydrogen (secondary N) is 1. The summed E-state index contributed by atoms with van der Waals surface area (Å²) in [6.45, 7) is 0.286. The van der Waals surface area contributed by atoms with Crippen LogP contribution < -0.4 is 14.8 Å². The van der Waals surface area contributed by atoms with Gasteiger partial charge < -0.3 is 24.6 Å². The zero-order chi connectivity index (χ0) is 14.3. The molecule has 1 rings (SSSR count). The topological polar surface area (TPSA) is 77.0 Å². The second-order valence-corrected chi connectivity index (χ2v) is 3.92. The third kappa shape index (κ3) is 4.76. The molecule has 0 aliphatic rings. The molecule has 0 radical (unpaired) electrons. The van der Waals surface area contributed by atoms with Crippen LogP contribution in [0.1, 0.15) is 10.4 Å². The van der Waals surface area contributed by atoms with Gasteiger partial charge in [0.1, 0.15) is 11.5 Å². The van der Waals surface area contributed by atoms with Gasteiger partial charge >= 0.3 is 0 Å². The molecule has 6 heteroatoms. The number of amides is 1. The number of rotatable bonds is 7. The van der Waals surface area contributed by atoms with Crippen molar-refractivity contribution in [2.24, 2.45) is 0 Å². The van der Waals surface area contributed by atoms with Crippen molar-refractivity contribution in [3.63, 3.8) is 0 Å². The van der Waals surface area contributed by atoms with Gasteiger partial charge in [-0.25, -0.2) is 0 Å². The molecular formula is C13H19NO5. The Bertz CT molecular complexity index is 399. The van der Waals surface area contributed by atoms with Crippen LogP contribution in [0.2, 0.25) is 0 Å². The van der Waals surface area contributed by atoms with Gasteiger partial charge in [-0.3, -0.25) is 4.79 Å². The van der Waals surface area contributed by atoms with Crippen molar-refractivity contribution < 1.29 is 24.1 Å². The fourth-order valence-corrected chi connectivity index (χ4v) is 1.50. The molecule has 1 aromatic rings. The first-order valence-corrected chi connectivity index (χ1v) is 5.79. The van der Waals surface area contributed by atoms with E-state index >= 15 is 0 Å². The van der Waals surface area contributed by atoms with Gasteiger partial charge in [-0.2, -0.15) is 0 Å². The van der Waals surface area contributed by atoms with Crippen LogP contribution in [0.5, 0.6) is 11.5 Å². The van der Waals surface area contributed by atoms with Crippen molar-refractivity contribution in [1.29, 1.82) is 0 Å². The van der Waals surface area contributed by atoms with E-state index < -0.39 is 6.10 Å². The maximum absolute atomic E-state index is 11.9. The predicted octanol–water partition coefficient (Wildman–Crippen LogP) is 0.441. The number of aliphatic hydroxyl groups excluding tert-OH is 1. The Balaban J connectivity index is 2.70. The minimum atomic E-state index is -0.735. The summed E-state index contributed by atoms with van der Waals surface area (Å²) in [4.78, 5) is 11.9. The average molecular weight is 269 g/mol. The maximum atomic E-state index is 11.9. The van der Waals surface area contributed by atoms with Crippen LogP contribution in [0.3, 0.4) is 0 Å². The lowest BCUT2D eigenvalue weighted by molar-refractivity contribution is 0.0609. The molecule has 106 valence electrons. The molecule has 0 aliphatic heterocycles. The van der Waals surface area contributed by atoms with E-state index in [9.17, 15) is 9.90 Å². The van der Waals surface area contributed by atoms with Crippen molar-refractivity contribution >= 4 is 5.91 Å². The molecule has 0 spiro atoms. The van der Waals surface area contributed by atoms with Gasteiger partial charge in [0.25, 0.3) is 5.91 Å². The normalized spacial score (nSPS) is 11.8. The molecule has 0 aliphatic carbocycles. The Labute approximate surface area is 112 Å². The first-order valence-electron chi connectivity index (χ1n) is 5.79. The SMILES string of the molecule is COCC(O)CNC(=O)c1cc(OC)cc(OC)c1. The third-order valence-corrected chi connectivity index (χ3v) is 2.47. The predicted molar refractivity (Wildman–Crippen MR) is 69.8 cm³/mol. The number of methoxy groups -OCH3 is 3. The van der Waals surface area contributed by atoms with Crippen molar-refractivity contribution in [3.05, 3.63) is 23.8 Å². The number of benzene rings is 1. The lowest BCUT2D eigenvalue weighted by atomic mass is 10.2. The minimum absolute atomic E-state index is 0.117. The van der Waals surface area contributed by atoms with E-state index in [1.54, 1.807) is 18.2 Å².